The first-order chi connectivity index (χ1) is 8.24. The largest absolute Gasteiger partial charge is 0.318 e. The van der Waals surface area contributed by atoms with Gasteiger partial charge < -0.3 is 4.90 Å². The predicted molar refractivity (Wildman–Crippen MR) is 73.6 cm³/mol. The molecular formula is C13H13ClN2S. The maximum atomic E-state index is 5.90. The summed E-state index contributed by atoms with van der Waals surface area (Å²) in [6.07, 6.45) is 2.33. The van der Waals surface area contributed by atoms with Crippen molar-refractivity contribution in [3.8, 4) is 0 Å². The molecule has 1 aliphatic rings. The Morgan fingerprint density at radius 1 is 1.41 bits per heavy atom. The molecule has 17 heavy (non-hydrogen) atoms. The van der Waals surface area contributed by atoms with E-state index in [1.165, 1.54) is 23.2 Å². The summed E-state index contributed by atoms with van der Waals surface area (Å²) in [5.74, 6) is 0. The van der Waals surface area contributed by atoms with Crippen molar-refractivity contribution in [2.75, 3.05) is 11.4 Å². The quantitative estimate of drug-likeness (QED) is 0.768. The van der Waals surface area contributed by atoms with Crippen LogP contribution in [0.3, 0.4) is 0 Å². The zero-order valence-corrected chi connectivity index (χ0v) is 11.2. The lowest BCUT2D eigenvalue weighted by atomic mass is 10.0. The normalized spacial score (nSPS) is 14.8. The summed E-state index contributed by atoms with van der Waals surface area (Å²) in [5, 5.41) is 3.48. The van der Waals surface area contributed by atoms with E-state index < -0.39 is 0 Å². The molecule has 0 saturated heterocycles. The van der Waals surface area contributed by atoms with E-state index in [0.29, 0.717) is 5.15 Å². The molecule has 1 aromatic carbocycles. The summed E-state index contributed by atoms with van der Waals surface area (Å²) in [6.45, 7) is 3.17. The van der Waals surface area contributed by atoms with E-state index in [9.17, 15) is 0 Å². The van der Waals surface area contributed by atoms with Crippen LogP contribution in [0.15, 0.2) is 23.6 Å². The molecule has 3 rings (SSSR count). The number of halogens is 1. The van der Waals surface area contributed by atoms with Crippen molar-refractivity contribution < 1.29 is 0 Å². The number of fused-ring (bicyclic) bond motifs is 1. The van der Waals surface area contributed by atoms with E-state index in [2.05, 4.69) is 35.0 Å². The van der Waals surface area contributed by atoms with Crippen molar-refractivity contribution in [3.05, 3.63) is 39.9 Å². The maximum absolute atomic E-state index is 5.90. The van der Waals surface area contributed by atoms with Gasteiger partial charge in [0.2, 0.25) is 0 Å². The smallest absolute Gasteiger partial charge is 0.191 e. The lowest BCUT2D eigenvalue weighted by Crippen LogP contribution is -2.24. The van der Waals surface area contributed by atoms with Gasteiger partial charge in [0.1, 0.15) is 5.15 Å². The monoisotopic (exact) mass is 264 g/mol. The Balaban J connectivity index is 2.05. The first kappa shape index (κ1) is 11.1. The third-order valence-electron chi connectivity index (χ3n) is 3.05. The summed E-state index contributed by atoms with van der Waals surface area (Å²) in [6, 6.07) is 6.63. The average Bonchev–Trinajstić information content (AvgIpc) is 2.74. The zero-order chi connectivity index (χ0) is 11.8. The van der Waals surface area contributed by atoms with Crippen LogP contribution in [0.25, 0.3) is 0 Å². The topological polar surface area (TPSA) is 16.1 Å². The van der Waals surface area contributed by atoms with E-state index in [-0.39, 0.29) is 0 Å². The van der Waals surface area contributed by atoms with E-state index >= 15 is 0 Å². The van der Waals surface area contributed by atoms with Crippen molar-refractivity contribution in [2.45, 2.75) is 19.8 Å². The lowest BCUT2D eigenvalue weighted by molar-refractivity contribution is 0.764. The van der Waals surface area contributed by atoms with Crippen LogP contribution in [0.5, 0.6) is 0 Å². The van der Waals surface area contributed by atoms with Crippen LogP contribution in [0.4, 0.5) is 10.8 Å². The van der Waals surface area contributed by atoms with E-state index in [0.717, 1.165) is 18.1 Å². The minimum absolute atomic E-state index is 0.587. The summed E-state index contributed by atoms with van der Waals surface area (Å²) in [5.41, 5.74) is 4.03. The molecular weight excluding hydrogens is 252 g/mol. The first-order valence-corrected chi connectivity index (χ1v) is 6.98. The molecule has 0 atom stereocenters. The van der Waals surface area contributed by atoms with E-state index in [1.54, 1.807) is 11.3 Å². The van der Waals surface area contributed by atoms with Crippen LogP contribution in [0.1, 0.15) is 17.5 Å². The van der Waals surface area contributed by atoms with Gasteiger partial charge in [-0.05, 0) is 31.4 Å². The minimum Gasteiger partial charge on any atom is -0.318 e. The van der Waals surface area contributed by atoms with E-state index in [4.69, 9.17) is 11.6 Å². The SMILES string of the molecule is Cc1ccc2c(c1)CCCN2c1nc(Cl)cs1. The number of hydrogen-bond donors (Lipinski definition) is 0. The number of nitrogens with zero attached hydrogens (tertiary/aromatic N) is 2. The highest BCUT2D eigenvalue weighted by atomic mass is 35.5. The van der Waals surface area contributed by atoms with Gasteiger partial charge >= 0.3 is 0 Å². The number of rotatable bonds is 1. The number of aryl methyl sites for hydroxylation is 2. The Hall–Kier alpha value is -1.06. The second kappa shape index (κ2) is 4.31. The highest BCUT2D eigenvalue weighted by Gasteiger charge is 2.20. The molecule has 2 nitrogen and oxygen atoms in total. The third kappa shape index (κ3) is 2.05. The van der Waals surface area contributed by atoms with Crippen LogP contribution >= 0.6 is 22.9 Å². The van der Waals surface area contributed by atoms with Gasteiger partial charge in [0.05, 0.1) is 0 Å². The average molecular weight is 265 g/mol. The van der Waals surface area contributed by atoms with Gasteiger partial charge in [-0.2, -0.15) is 0 Å². The Kier molecular flexibility index (Phi) is 2.81. The predicted octanol–water partition coefficient (Wildman–Crippen LogP) is 4.19. The molecule has 1 aliphatic heterocycles. The molecule has 0 saturated carbocycles. The van der Waals surface area contributed by atoms with Crippen molar-refractivity contribution in [1.82, 2.24) is 4.98 Å². The van der Waals surface area contributed by atoms with Gasteiger partial charge in [-0.15, -0.1) is 11.3 Å². The molecule has 0 aliphatic carbocycles. The maximum Gasteiger partial charge on any atom is 0.191 e. The molecule has 0 unspecified atom stereocenters. The Labute approximate surface area is 110 Å². The number of hydrogen-bond acceptors (Lipinski definition) is 3. The first-order valence-electron chi connectivity index (χ1n) is 5.72. The van der Waals surface area contributed by atoms with Crippen LogP contribution in [0.2, 0.25) is 5.15 Å². The number of anilines is 2. The third-order valence-corrected chi connectivity index (χ3v) is 4.24. The van der Waals surface area contributed by atoms with Gasteiger partial charge in [0, 0.05) is 17.6 Å². The summed E-state index contributed by atoms with van der Waals surface area (Å²) in [7, 11) is 0. The Bertz CT molecular complexity index is 550. The fourth-order valence-electron chi connectivity index (χ4n) is 2.29. The Morgan fingerprint density at radius 3 is 3.06 bits per heavy atom. The standard InChI is InChI=1S/C13H13ClN2S/c1-9-4-5-11-10(7-9)3-2-6-16(11)13-15-12(14)8-17-13/h4-5,7-8H,2-3,6H2,1H3. The zero-order valence-electron chi connectivity index (χ0n) is 9.61. The molecule has 88 valence electrons. The van der Waals surface area contributed by atoms with Crippen molar-refractivity contribution in [3.63, 3.8) is 0 Å². The highest BCUT2D eigenvalue weighted by molar-refractivity contribution is 7.14. The molecule has 0 spiro atoms. The molecule has 0 radical (unpaired) electrons. The fraction of sp³-hybridized carbons (Fsp3) is 0.308. The summed E-state index contributed by atoms with van der Waals surface area (Å²) in [4.78, 5) is 6.64. The van der Waals surface area contributed by atoms with Gasteiger partial charge in [-0.25, -0.2) is 4.98 Å². The van der Waals surface area contributed by atoms with Crippen LogP contribution in [-0.2, 0) is 6.42 Å². The van der Waals surface area contributed by atoms with Gasteiger partial charge in [0.25, 0.3) is 0 Å². The van der Waals surface area contributed by atoms with Gasteiger partial charge in [-0.3, -0.25) is 0 Å². The Morgan fingerprint density at radius 2 is 2.29 bits per heavy atom. The van der Waals surface area contributed by atoms with Crippen molar-refractivity contribution in [2.24, 2.45) is 0 Å². The number of aromatic nitrogens is 1. The molecule has 2 aromatic rings. The minimum atomic E-state index is 0.587. The second-order valence-electron chi connectivity index (χ2n) is 4.34. The van der Waals surface area contributed by atoms with Crippen molar-refractivity contribution >= 4 is 33.8 Å². The summed E-state index contributed by atoms with van der Waals surface area (Å²) >= 11 is 7.51. The highest BCUT2D eigenvalue weighted by Crippen LogP contribution is 2.36. The molecule has 0 fully saturated rings. The second-order valence-corrected chi connectivity index (χ2v) is 5.56. The van der Waals surface area contributed by atoms with Crippen LogP contribution < -0.4 is 4.90 Å². The summed E-state index contributed by atoms with van der Waals surface area (Å²) < 4.78 is 0. The molecule has 0 N–H and O–H groups in total. The molecule has 1 aromatic heterocycles. The number of thiazole rings is 1. The van der Waals surface area contributed by atoms with Crippen LogP contribution in [0, 0.1) is 6.92 Å². The molecule has 4 heteroatoms. The van der Waals surface area contributed by atoms with Gasteiger partial charge in [-0.1, -0.05) is 29.3 Å². The fourth-order valence-corrected chi connectivity index (χ4v) is 3.28. The number of benzene rings is 1. The lowest BCUT2D eigenvalue weighted by Gasteiger charge is -2.29. The van der Waals surface area contributed by atoms with Gasteiger partial charge in [0.15, 0.2) is 5.13 Å². The molecule has 0 amide bonds. The molecule has 0 bridgehead atoms. The van der Waals surface area contributed by atoms with Crippen molar-refractivity contribution in [1.29, 1.82) is 0 Å². The molecule has 2 heterocycles. The van der Waals surface area contributed by atoms with E-state index in [1.807, 2.05) is 5.38 Å². The van der Waals surface area contributed by atoms with Crippen LogP contribution in [-0.4, -0.2) is 11.5 Å².